The molecule has 1 aromatic heterocycles. The summed E-state index contributed by atoms with van der Waals surface area (Å²) in [5.74, 6) is -0.00550. The highest BCUT2D eigenvalue weighted by atomic mass is 35.5. The molecular formula is C33H35ClF6N4O. The average Bonchev–Trinajstić information content (AvgIpc) is 3.68. The third-order valence-electron chi connectivity index (χ3n) is 8.88. The fraction of sp³-hybridized carbons (Fsp3) is 0.455. The first-order valence-electron chi connectivity index (χ1n) is 14.9. The van der Waals surface area contributed by atoms with Crippen molar-refractivity contribution in [3.63, 3.8) is 0 Å². The number of nitrogens with zero attached hydrogens (tertiary/aromatic N) is 4. The topological polar surface area (TPSA) is 39.7 Å². The first-order valence-corrected chi connectivity index (χ1v) is 15.3. The van der Waals surface area contributed by atoms with Crippen molar-refractivity contribution in [2.75, 3.05) is 43.0 Å². The monoisotopic (exact) mass is 652 g/mol. The smallest absolute Gasteiger partial charge is 0.352 e. The van der Waals surface area contributed by atoms with E-state index in [2.05, 4.69) is 9.80 Å². The number of pyridine rings is 1. The van der Waals surface area contributed by atoms with Crippen LogP contribution in [0, 0.1) is 0 Å². The summed E-state index contributed by atoms with van der Waals surface area (Å²) in [5.41, 5.74) is -3.63. The van der Waals surface area contributed by atoms with Crippen LogP contribution in [0.5, 0.6) is 0 Å². The summed E-state index contributed by atoms with van der Waals surface area (Å²) in [6.07, 6.45) is -4.16. The minimum absolute atomic E-state index is 0.0568. The van der Waals surface area contributed by atoms with Crippen molar-refractivity contribution in [1.29, 1.82) is 0 Å². The number of halogens is 7. The number of aromatic nitrogens is 1. The van der Waals surface area contributed by atoms with Crippen LogP contribution in [-0.4, -0.2) is 55.1 Å². The Balaban J connectivity index is 1.54. The van der Waals surface area contributed by atoms with Crippen LogP contribution in [0.15, 0.2) is 54.7 Å². The molecule has 1 atom stereocenters. The van der Waals surface area contributed by atoms with Crippen molar-refractivity contribution in [1.82, 2.24) is 9.88 Å². The van der Waals surface area contributed by atoms with Crippen LogP contribution in [0.25, 0.3) is 11.1 Å². The van der Waals surface area contributed by atoms with Gasteiger partial charge in [0.2, 0.25) is 5.91 Å². The molecule has 0 spiro atoms. The zero-order valence-corrected chi connectivity index (χ0v) is 26.0. The molecule has 0 aliphatic carbocycles. The highest BCUT2D eigenvalue weighted by Gasteiger charge is 2.41. The zero-order valence-electron chi connectivity index (χ0n) is 25.3. The Morgan fingerprint density at radius 1 is 0.889 bits per heavy atom. The maximum absolute atomic E-state index is 14.0. The van der Waals surface area contributed by atoms with Gasteiger partial charge >= 0.3 is 12.4 Å². The van der Waals surface area contributed by atoms with Crippen LogP contribution < -0.4 is 9.80 Å². The number of hydrogen-bond donors (Lipinski definition) is 0. The van der Waals surface area contributed by atoms with Gasteiger partial charge in [0.25, 0.3) is 0 Å². The van der Waals surface area contributed by atoms with Gasteiger partial charge in [-0.25, -0.2) is 4.98 Å². The number of carbonyl (C=O) groups excluding carboxylic acids is 1. The van der Waals surface area contributed by atoms with Crippen molar-refractivity contribution in [3.8, 4) is 11.1 Å². The van der Waals surface area contributed by atoms with E-state index >= 15 is 0 Å². The summed E-state index contributed by atoms with van der Waals surface area (Å²) in [4.78, 5) is 24.7. The molecule has 2 aliphatic heterocycles. The molecule has 12 heteroatoms. The molecule has 1 amide bonds. The Bertz CT molecular complexity index is 1520. The van der Waals surface area contributed by atoms with Crippen LogP contribution in [0.2, 0.25) is 5.02 Å². The minimum Gasteiger partial charge on any atom is -0.352 e. The lowest BCUT2D eigenvalue weighted by Crippen LogP contribution is -2.42. The van der Waals surface area contributed by atoms with E-state index in [4.69, 9.17) is 16.6 Å². The summed E-state index contributed by atoms with van der Waals surface area (Å²) < 4.78 is 81.9. The first-order chi connectivity index (χ1) is 21.1. The largest absolute Gasteiger partial charge is 0.416 e. The first kappa shape index (κ1) is 33.1. The van der Waals surface area contributed by atoms with E-state index in [0.29, 0.717) is 39.8 Å². The van der Waals surface area contributed by atoms with Crippen molar-refractivity contribution >= 4 is 29.0 Å². The highest BCUT2D eigenvalue weighted by molar-refractivity contribution is 6.33. The Hall–Kier alpha value is -3.31. The highest BCUT2D eigenvalue weighted by Crippen LogP contribution is 2.42. The number of carbonyl (C=O) groups is 1. The number of hydrogen-bond acceptors (Lipinski definition) is 4. The van der Waals surface area contributed by atoms with Gasteiger partial charge in [-0.1, -0.05) is 29.8 Å². The van der Waals surface area contributed by atoms with Gasteiger partial charge in [-0.2, -0.15) is 26.3 Å². The molecule has 0 radical (unpaired) electrons. The van der Waals surface area contributed by atoms with E-state index in [1.165, 1.54) is 44.8 Å². The summed E-state index contributed by atoms with van der Waals surface area (Å²) in [6.45, 7) is 6.50. The second-order valence-corrected chi connectivity index (χ2v) is 12.7. The second kappa shape index (κ2) is 12.5. The number of alkyl halides is 6. The van der Waals surface area contributed by atoms with Gasteiger partial charge in [0.1, 0.15) is 5.82 Å². The van der Waals surface area contributed by atoms with Crippen LogP contribution in [0.3, 0.4) is 0 Å². The molecule has 3 aromatic rings. The maximum atomic E-state index is 14.0. The van der Waals surface area contributed by atoms with E-state index in [9.17, 15) is 31.1 Å². The number of anilines is 2. The van der Waals surface area contributed by atoms with Crippen molar-refractivity contribution in [2.45, 2.75) is 63.3 Å². The second-order valence-electron chi connectivity index (χ2n) is 12.3. The Labute approximate surface area is 263 Å². The lowest BCUT2D eigenvalue weighted by atomic mass is 9.81. The molecule has 0 unspecified atom stereocenters. The van der Waals surface area contributed by atoms with Crippen LogP contribution in [0.4, 0.5) is 37.8 Å². The molecule has 0 N–H and O–H groups in total. The lowest BCUT2D eigenvalue weighted by molar-refractivity contribution is -0.143. The van der Waals surface area contributed by atoms with Gasteiger partial charge in [-0.05, 0) is 88.5 Å². The Morgan fingerprint density at radius 3 is 2.09 bits per heavy atom. The lowest BCUT2D eigenvalue weighted by Gasteiger charge is -2.33. The van der Waals surface area contributed by atoms with Gasteiger partial charge in [0, 0.05) is 42.3 Å². The Morgan fingerprint density at radius 2 is 1.49 bits per heavy atom. The van der Waals surface area contributed by atoms with E-state index in [1.807, 2.05) is 6.07 Å². The van der Waals surface area contributed by atoms with Gasteiger partial charge in [-0.15, -0.1) is 0 Å². The van der Waals surface area contributed by atoms with Crippen LogP contribution in [0.1, 0.15) is 56.2 Å². The van der Waals surface area contributed by atoms with E-state index < -0.39 is 40.4 Å². The molecule has 3 heterocycles. The van der Waals surface area contributed by atoms with Crippen molar-refractivity contribution in [2.24, 2.45) is 0 Å². The normalized spacial score (nSPS) is 18.1. The van der Waals surface area contributed by atoms with Gasteiger partial charge in [0.05, 0.1) is 28.4 Å². The number of rotatable bonds is 7. The third kappa shape index (κ3) is 6.94. The van der Waals surface area contributed by atoms with Gasteiger partial charge in [-0.3, -0.25) is 4.79 Å². The molecule has 2 aromatic carbocycles. The zero-order chi connectivity index (χ0) is 32.7. The molecule has 2 aliphatic rings. The van der Waals surface area contributed by atoms with E-state index in [1.54, 1.807) is 24.3 Å². The molecule has 0 bridgehead atoms. The van der Waals surface area contributed by atoms with Crippen LogP contribution in [-0.2, 0) is 22.6 Å². The molecule has 2 saturated heterocycles. The summed E-state index contributed by atoms with van der Waals surface area (Å²) >= 11 is 6.62. The minimum atomic E-state index is -5.04. The third-order valence-corrected chi connectivity index (χ3v) is 9.21. The van der Waals surface area contributed by atoms with Gasteiger partial charge in [0.15, 0.2) is 0 Å². The maximum Gasteiger partial charge on any atom is 0.416 e. The average molecular weight is 653 g/mol. The van der Waals surface area contributed by atoms with Crippen molar-refractivity contribution < 1.29 is 31.1 Å². The summed E-state index contributed by atoms with van der Waals surface area (Å²) in [5, 5.41) is 0.416. The SMILES string of the molecule is CN(C(=O)C(C)(C)c1cc(C(F)(F)F)cc(C(F)(F)F)c1)c1cnc(N2CCC[C@H]2CN2CCCC2)cc1-c1ccccc1Cl. The molecule has 0 saturated carbocycles. The molecule has 242 valence electrons. The quantitative estimate of drug-likeness (QED) is 0.240. The van der Waals surface area contributed by atoms with E-state index in [-0.39, 0.29) is 12.1 Å². The molecule has 5 rings (SSSR count). The molecule has 2 fully saturated rings. The molecule has 5 nitrogen and oxygen atoms in total. The number of benzene rings is 2. The van der Waals surface area contributed by atoms with E-state index in [0.717, 1.165) is 39.0 Å². The standard InChI is InChI=1S/C33H35ClF6N4O/c1-31(2,21-15-22(32(35,36)37)17-23(16-21)33(38,39)40)30(45)42(3)28-19-41-29(18-26(28)25-10-4-5-11-27(25)34)44-14-8-9-24(44)20-43-12-6-7-13-43/h4-5,10-11,15-19,24H,6-9,12-14,20H2,1-3H3/t24-/m0/s1. The predicted molar refractivity (Wildman–Crippen MR) is 164 cm³/mol. The van der Waals surface area contributed by atoms with Gasteiger partial charge < -0.3 is 14.7 Å². The number of likely N-dealkylation sites (N-methyl/N-ethyl adjacent to an activating group) is 1. The summed E-state index contributed by atoms with van der Waals surface area (Å²) in [7, 11) is 1.44. The predicted octanol–water partition coefficient (Wildman–Crippen LogP) is 8.44. The van der Waals surface area contributed by atoms with Crippen molar-refractivity contribution in [3.05, 3.63) is 76.4 Å². The summed E-state index contributed by atoms with van der Waals surface area (Å²) in [6, 6.07) is 10.5. The molecular weight excluding hydrogens is 618 g/mol. The Kier molecular flexibility index (Phi) is 9.16. The molecule has 45 heavy (non-hydrogen) atoms. The van der Waals surface area contributed by atoms with Crippen LogP contribution >= 0.6 is 11.6 Å². The fourth-order valence-corrected chi connectivity index (χ4v) is 6.55. The number of likely N-dealkylation sites (tertiary alicyclic amines) is 1. The fourth-order valence-electron chi connectivity index (χ4n) is 6.32. The number of amides is 1.